The minimum atomic E-state index is -0.564. The summed E-state index contributed by atoms with van der Waals surface area (Å²) in [6, 6.07) is 46.0. The molecular formula is C42H50P2Rh+2. The van der Waals surface area contributed by atoms with Crippen LogP contribution in [0.5, 0.6) is 0 Å². The maximum absolute atomic E-state index is 2.41. The van der Waals surface area contributed by atoms with Crippen LogP contribution in [-0.4, -0.2) is 12.3 Å². The van der Waals surface area contributed by atoms with E-state index in [1.807, 2.05) is 0 Å². The fraction of sp³-hybridized carbons (Fsp3) is 0.333. The molecule has 0 amide bonds. The SMILES string of the molecule is C1=CCCC=CCC1.[Rh].c1ccc([C@@H]2CC[C@@H](c3ccccc3)[PH+]2CC[PH+]2[C@H](c3ccccc3)CC[C@H]2c2ccccc2)cc1. The molecule has 2 fully saturated rings. The largest absolute Gasteiger partial charge is 0.0931 e. The Morgan fingerprint density at radius 1 is 0.356 bits per heavy atom. The van der Waals surface area contributed by atoms with Crippen LogP contribution in [0.25, 0.3) is 0 Å². The van der Waals surface area contributed by atoms with E-state index in [1.54, 1.807) is 22.3 Å². The first-order valence-corrected chi connectivity index (χ1v) is 20.8. The van der Waals surface area contributed by atoms with Crippen LogP contribution < -0.4 is 0 Å². The molecule has 0 spiro atoms. The van der Waals surface area contributed by atoms with Gasteiger partial charge in [-0.25, -0.2) is 0 Å². The number of allylic oxidation sites excluding steroid dienone is 4. The van der Waals surface area contributed by atoms with Crippen molar-refractivity contribution in [3.05, 3.63) is 168 Å². The van der Waals surface area contributed by atoms with E-state index < -0.39 is 15.8 Å². The van der Waals surface area contributed by atoms with Crippen LogP contribution in [0.4, 0.5) is 0 Å². The van der Waals surface area contributed by atoms with Crippen LogP contribution >= 0.6 is 15.8 Å². The Balaban J connectivity index is 0.000000390. The topological polar surface area (TPSA) is 0 Å². The van der Waals surface area contributed by atoms with Crippen LogP contribution in [-0.2, 0) is 19.5 Å². The summed E-state index contributed by atoms with van der Waals surface area (Å²) in [4.78, 5) is 0. The van der Waals surface area contributed by atoms with E-state index in [2.05, 4.69) is 146 Å². The van der Waals surface area contributed by atoms with Crippen molar-refractivity contribution in [2.24, 2.45) is 0 Å². The van der Waals surface area contributed by atoms with Crippen molar-refractivity contribution in [1.29, 1.82) is 0 Å². The zero-order chi connectivity index (χ0) is 29.8. The van der Waals surface area contributed by atoms with Crippen molar-refractivity contribution >= 4 is 15.8 Å². The Bertz CT molecular complexity index is 1220. The van der Waals surface area contributed by atoms with Gasteiger partial charge in [-0.05, 0) is 73.6 Å². The minimum absolute atomic E-state index is 0. The quantitative estimate of drug-likeness (QED) is 0.101. The molecule has 1 aliphatic carbocycles. The molecule has 235 valence electrons. The van der Waals surface area contributed by atoms with E-state index in [9.17, 15) is 0 Å². The van der Waals surface area contributed by atoms with Crippen LogP contribution in [0, 0.1) is 0 Å². The zero-order valence-corrected chi connectivity index (χ0v) is 30.2. The summed E-state index contributed by atoms with van der Waals surface area (Å²) in [6.45, 7) is 0. The maximum atomic E-state index is 2.41. The summed E-state index contributed by atoms with van der Waals surface area (Å²) in [6.07, 6.45) is 22.4. The molecule has 0 unspecified atom stereocenters. The minimum Gasteiger partial charge on any atom is -0.0882 e. The maximum Gasteiger partial charge on any atom is 0.0931 e. The standard InChI is InChI=1S/C34H36P2.C8H12.Rh/c1-5-13-27(14-6-1)31-21-22-32(28-15-7-2-8-16-28)35(31)25-26-36-33(29-17-9-3-10-18-29)23-24-34(36)30-19-11-4-12-20-30;1-2-4-6-8-7-5-3-1;/h1-20,31-34H,21-26H2;1-2,7-8H,3-6H2;/p+2/t31-,32-,33-,34-;;/m0../s1. The van der Waals surface area contributed by atoms with Crippen LogP contribution in [0.1, 0.15) is 96.3 Å². The molecule has 0 aromatic heterocycles. The van der Waals surface area contributed by atoms with E-state index in [4.69, 9.17) is 0 Å². The summed E-state index contributed by atoms with van der Waals surface area (Å²) >= 11 is 0. The normalized spacial score (nSPS) is 23.4. The van der Waals surface area contributed by atoms with Gasteiger partial charge >= 0.3 is 0 Å². The van der Waals surface area contributed by atoms with E-state index in [-0.39, 0.29) is 19.5 Å². The monoisotopic (exact) mass is 719 g/mol. The molecule has 0 N–H and O–H groups in total. The van der Waals surface area contributed by atoms with Crippen LogP contribution in [0.2, 0.25) is 0 Å². The molecular weight excluding hydrogens is 669 g/mol. The zero-order valence-electron chi connectivity index (χ0n) is 26.6. The van der Waals surface area contributed by atoms with Crippen molar-refractivity contribution in [1.82, 2.24) is 0 Å². The molecule has 7 rings (SSSR count). The average Bonchev–Trinajstić information content (AvgIpc) is 3.70. The molecule has 4 aromatic carbocycles. The molecule has 4 aromatic rings. The summed E-state index contributed by atoms with van der Waals surface area (Å²) in [5.41, 5.74) is 9.57. The van der Waals surface area contributed by atoms with Gasteiger partial charge < -0.3 is 0 Å². The van der Waals surface area contributed by atoms with Gasteiger partial charge in [-0.1, -0.05) is 146 Å². The second kappa shape index (κ2) is 18.3. The fourth-order valence-electron chi connectivity index (χ4n) is 8.00. The number of rotatable bonds is 7. The van der Waals surface area contributed by atoms with Gasteiger partial charge in [0, 0.05) is 35.3 Å². The van der Waals surface area contributed by atoms with E-state index >= 15 is 0 Å². The predicted molar refractivity (Wildman–Crippen MR) is 198 cm³/mol. The summed E-state index contributed by atoms with van der Waals surface area (Å²) in [5.74, 6) is 0. The Morgan fingerprint density at radius 2 is 0.578 bits per heavy atom. The third-order valence-corrected chi connectivity index (χ3v) is 18.3. The van der Waals surface area contributed by atoms with E-state index in [0.29, 0.717) is 0 Å². The summed E-state index contributed by atoms with van der Waals surface area (Å²) < 4.78 is 0. The predicted octanol–water partition coefficient (Wildman–Crippen LogP) is 12.6. The second-order valence-corrected chi connectivity index (χ2v) is 18.8. The first-order chi connectivity index (χ1) is 21.9. The second-order valence-electron chi connectivity index (χ2n) is 12.8. The number of hydrogen-bond acceptors (Lipinski definition) is 0. The molecule has 0 saturated carbocycles. The molecule has 45 heavy (non-hydrogen) atoms. The molecule has 3 aliphatic rings. The molecule has 3 heteroatoms. The van der Waals surface area contributed by atoms with E-state index in [0.717, 1.165) is 22.6 Å². The van der Waals surface area contributed by atoms with Gasteiger partial charge in [0.25, 0.3) is 0 Å². The van der Waals surface area contributed by atoms with E-state index in [1.165, 1.54) is 63.7 Å². The van der Waals surface area contributed by atoms with Gasteiger partial charge in [0.05, 0.1) is 35.0 Å². The number of hydrogen-bond donors (Lipinski definition) is 0. The fourth-order valence-corrected chi connectivity index (χ4v) is 17.3. The Labute approximate surface area is 288 Å². The van der Waals surface area contributed by atoms with Gasteiger partial charge in [0.15, 0.2) is 0 Å². The van der Waals surface area contributed by atoms with Crippen LogP contribution in [0.15, 0.2) is 146 Å². The number of benzene rings is 4. The smallest absolute Gasteiger partial charge is 0.0882 e. The molecule has 1 radical (unpaired) electrons. The Morgan fingerprint density at radius 3 is 0.800 bits per heavy atom. The third kappa shape index (κ3) is 9.23. The Kier molecular flexibility index (Phi) is 13.9. The molecule has 2 aliphatic heterocycles. The van der Waals surface area contributed by atoms with Crippen LogP contribution in [0.3, 0.4) is 0 Å². The first kappa shape index (κ1) is 34.2. The average molecular weight is 720 g/mol. The molecule has 2 saturated heterocycles. The van der Waals surface area contributed by atoms with Gasteiger partial charge in [-0.3, -0.25) is 0 Å². The molecule has 0 nitrogen and oxygen atoms in total. The first-order valence-electron chi connectivity index (χ1n) is 17.1. The molecule has 0 bridgehead atoms. The van der Waals surface area contributed by atoms with Crippen molar-refractivity contribution in [3.8, 4) is 0 Å². The van der Waals surface area contributed by atoms with Crippen molar-refractivity contribution < 1.29 is 19.5 Å². The molecule has 2 heterocycles. The van der Waals surface area contributed by atoms with Crippen molar-refractivity contribution in [2.45, 2.75) is 74.0 Å². The van der Waals surface area contributed by atoms with Crippen molar-refractivity contribution in [3.63, 3.8) is 0 Å². The van der Waals surface area contributed by atoms with Crippen molar-refractivity contribution in [2.75, 3.05) is 12.3 Å². The molecule has 4 atom stereocenters. The Hall–Kier alpha value is -2.16. The third-order valence-electron chi connectivity index (χ3n) is 10.1. The summed E-state index contributed by atoms with van der Waals surface area (Å²) in [5, 5.41) is 0. The van der Waals surface area contributed by atoms with Gasteiger partial charge in [0.2, 0.25) is 0 Å². The van der Waals surface area contributed by atoms with Gasteiger partial charge in [-0.2, -0.15) is 0 Å². The van der Waals surface area contributed by atoms with Gasteiger partial charge in [-0.15, -0.1) is 0 Å². The van der Waals surface area contributed by atoms with Gasteiger partial charge in [0.1, 0.15) is 0 Å². The summed E-state index contributed by atoms with van der Waals surface area (Å²) in [7, 11) is -1.13.